The number of benzene rings is 1. The molecule has 0 saturated carbocycles. The molecule has 0 aliphatic heterocycles. The van der Waals surface area contributed by atoms with E-state index >= 15 is 0 Å². The van der Waals surface area contributed by atoms with E-state index in [2.05, 4.69) is 6.58 Å². The Labute approximate surface area is 78.0 Å². The minimum Gasteiger partial charge on any atom is -0.384 e. The largest absolute Gasteiger partial charge is 0.384 e. The van der Waals surface area contributed by atoms with E-state index in [1.165, 1.54) is 0 Å². The molecule has 0 aliphatic carbocycles. The smallest absolute Gasteiger partial charge is 0.122 e. The van der Waals surface area contributed by atoms with E-state index < -0.39 is 0 Å². The number of nitrogens with one attached hydrogen (secondary N) is 1. The lowest BCUT2D eigenvalue weighted by Gasteiger charge is -1.97. The Morgan fingerprint density at radius 2 is 1.83 bits per heavy atom. The molecule has 0 atom stereocenters. The third kappa shape index (κ3) is 2.40. The maximum absolute atomic E-state index is 7.11. The molecule has 0 bridgehead atoms. The van der Waals surface area contributed by atoms with Crippen LogP contribution in [0.2, 0.25) is 0 Å². The summed E-state index contributed by atoms with van der Waals surface area (Å²) >= 11 is 0. The Balaban J connectivity index is 0.00000121. The van der Waals surface area contributed by atoms with Crippen LogP contribution in [0.3, 0.4) is 0 Å². The molecule has 3 N–H and O–H groups in total. The Hall–Kier alpha value is -1.28. The van der Waals surface area contributed by atoms with Gasteiger partial charge in [0, 0.05) is 5.56 Å². The molecule has 0 amide bonds. The van der Waals surface area contributed by atoms with Crippen LogP contribution in [0.5, 0.6) is 0 Å². The molecule has 1 aromatic rings. The predicted molar refractivity (Wildman–Crippen MR) is 54.8 cm³/mol. The van der Waals surface area contributed by atoms with Crippen LogP contribution in [0, 0.1) is 5.41 Å². The molecule has 1 rings (SSSR count). The highest BCUT2D eigenvalue weighted by Gasteiger charge is 1.93. The summed E-state index contributed by atoms with van der Waals surface area (Å²) in [6, 6.07) is 7.37. The molecule has 1 aromatic carbocycles. The highest BCUT2D eigenvalue weighted by Crippen LogP contribution is 2.03. The van der Waals surface area contributed by atoms with Gasteiger partial charge in [-0.25, -0.2) is 0 Å². The van der Waals surface area contributed by atoms with Crippen molar-refractivity contribution in [3.8, 4) is 0 Å². The first-order chi connectivity index (χ1) is 5.24. The summed E-state index contributed by atoms with van der Waals surface area (Å²) < 4.78 is 0. The van der Waals surface area contributed by atoms with E-state index in [4.69, 9.17) is 11.1 Å². The van der Waals surface area contributed by atoms with Crippen molar-refractivity contribution in [1.82, 2.24) is 0 Å². The van der Waals surface area contributed by atoms with Gasteiger partial charge in [-0.2, -0.15) is 0 Å². The van der Waals surface area contributed by atoms with Crippen molar-refractivity contribution in [3.63, 3.8) is 0 Å². The number of nitrogen functional groups attached to an aromatic ring is 1. The van der Waals surface area contributed by atoms with E-state index in [9.17, 15) is 0 Å². The number of hydrogen-bond donors (Lipinski definition) is 2. The second-order valence-corrected chi connectivity index (χ2v) is 2.24. The summed E-state index contributed by atoms with van der Waals surface area (Å²) in [7, 11) is 0. The van der Waals surface area contributed by atoms with Gasteiger partial charge in [0.15, 0.2) is 0 Å². The zero-order valence-corrected chi connectivity index (χ0v) is 7.40. The van der Waals surface area contributed by atoms with Crippen LogP contribution >= 0.6 is 12.4 Å². The number of nitrogens with two attached hydrogens (primary N) is 1. The zero-order chi connectivity index (χ0) is 8.27. The van der Waals surface area contributed by atoms with Crippen molar-refractivity contribution in [2.75, 3.05) is 0 Å². The van der Waals surface area contributed by atoms with Gasteiger partial charge >= 0.3 is 0 Å². The van der Waals surface area contributed by atoms with Crippen molar-refractivity contribution >= 4 is 24.3 Å². The van der Waals surface area contributed by atoms with Gasteiger partial charge in [-0.3, -0.25) is 5.41 Å². The first kappa shape index (κ1) is 10.7. The second kappa shape index (κ2) is 4.57. The Morgan fingerprint density at radius 1 is 1.33 bits per heavy atom. The predicted octanol–water partition coefficient (Wildman–Crippen LogP) is 2.04. The highest BCUT2D eigenvalue weighted by atomic mass is 35.5. The summed E-state index contributed by atoms with van der Waals surface area (Å²) in [4.78, 5) is 0. The third-order valence-corrected chi connectivity index (χ3v) is 1.46. The molecule has 3 heteroatoms. The lowest BCUT2D eigenvalue weighted by molar-refractivity contribution is 1.42. The Kier molecular flexibility index (Phi) is 4.08. The van der Waals surface area contributed by atoms with Crippen LogP contribution in [0.25, 0.3) is 6.08 Å². The summed E-state index contributed by atoms with van der Waals surface area (Å²) in [5, 5.41) is 7.11. The number of rotatable bonds is 2. The highest BCUT2D eigenvalue weighted by molar-refractivity contribution is 5.95. The van der Waals surface area contributed by atoms with Gasteiger partial charge in [-0.05, 0) is 5.56 Å². The van der Waals surface area contributed by atoms with Gasteiger partial charge in [-0.1, -0.05) is 36.9 Å². The number of amidine groups is 1. The molecular formula is C9H11ClN2. The molecule has 12 heavy (non-hydrogen) atoms. The number of hydrogen-bond acceptors (Lipinski definition) is 1. The number of halogens is 1. The van der Waals surface area contributed by atoms with Crippen molar-refractivity contribution in [3.05, 3.63) is 42.0 Å². The normalized spacial score (nSPS) is 8.33. The van der Waals surface area contributed by atoms with E-state index in [-0.39, 0.29) is 18.2 Å². The van der Waals surface area contributed by atoms with Crippen LogP contribution < -0.4 is 5.73 Å². The average Bonchev–Trinajstić information content (AvgIpc) is 2.05. The van der Waals surface area contributed by atoms with Gasteiger partial charge in [0.05, 0.1) is 0 Å². The molecule has 0 heterocycles. The molecule has 0 fully saturated rings. The molecule has 0 unspecified atom stereocenters. The fourth-order valence-electron chi connectivity index (χ4n) is 0.799. The van der Waals surface area contributed by atoms with Crippen LogP contribution in [0.15, 0.2) is 30.8 Å². The van der Waals surface area contributed by atoms with Crippen molar-refractivity contribution in [1.29, 1.82) is 5.41 Å². The van der Waals surface area contributed by atoms with E-state index in [1.54, 1.807) is 18.2 Å². The first-order valence-corrected chi connectivity index (χ1v) is 3.31. The topological polar surface area (TPSA) is 49.9 Å². The van der Waals surface area contributed by atoms with Gasteiger partial charge in [0.2, 0.25) is 0 Å². The molecular weight excluding hydrogens is 172 g/mol. The van der Waals surface area contributed by atoms with E-state index in [0.29, 0.717) is 0 Å². The lowest BCUT2D eigenvalue weighted by atomic mass is 10.1. The Bertz CT molecular complexity index is 277. The molecule has 2 nitrogen and oxygen atoms in total. The van der Waals surface area contributed by atoms with Crippen LogP contribution in [-0.4, -0.2) is 5.84 Å². The fourth-order valence-corrected chi connectivity index (χ4v) is 0.799. The second-order valence-electron chi connectivity index (χ2n) is 2.24. The molecule has 0 aromatic heterocycles. The van der Waals surface area contributed by atoms with Crippen molar-refractivity contribution in [2.45, 2.75) is 0 Å². The zero-order valence-electron chi connectivity index (χ0n) is 6.58. The third-order valence-electron chi connectivity index (χ3n) is 1.46. The van der Waals surface area contributed by atoms with Gasteiger partial charge in [0.25, 0.3) is 0 Å². The minimum atomic E-state index is 0. The monoisotopic (exact) mass is 182 g/mol. The molecule has 0 saturated heterocycles. The van der Waals surface area contributed by atoms with Gasteiger partial charge < -0.3 is 5.73 Å². The molecule has 0 radical (unpaired) electrons. The SMILES string of the molecule is C=Cc1ccc(C(=N)N)cc1.Cl. The standard InChI is InChI=1S/C9H10N2.ClH/c1-2-7-3-5-8(6-4-7)9(10)11;/h2-6H,1H2,(H3,10,11);1H. The van der Waals surface area contributed by atoms with Gasteiger partial charge in [-0.15, -0.1) is 12.4 Å². The summed E-state index contributed by atoms with van der Waals surface area (Å²) in [5.74, 6) is 0.0978. The molecule has 0 spiro atoms. The van der Waals surface area contributed by atoms with E-state index in [0.717, 1.165) is 11.1 Å². The van der Waals surface area contributed by atoms with Crippen LogP contribution in [-0.2, 0) is 0 Å². The summed E-state index contributed by atoms with van der Waals surface area (Å²) in [6.07, 6.45) is 1.75. The first-order valence-electron chi connectivity index (χ1n) is 3.31. The maximum Gasteiger partial charge on any atom is 0.122 e. The summed E-state index contributed by atoms with van der Waals surface area (Å²) in [5.41, 5.74) is 7.05. The Morgan fingerprint density at radius 3 is 2.17 bits per heavy atom. The maximum atomic E-state index is 7.11. The van der Waals surface area contributed by atoms with Gasteiger partial charge in [0.1, 0.15) is 5.84 Å². The van der Waals surface area contributed by atoms with E-state index in [1.807, 2.05) is 12.1 Å². The van der Waals surface area contributed by atoms with Crippen LogP contribution in [0.1, 0.15) is 11.1 Å². The van der Waals surface area contributed by atoms with Crippen LogP contribution in [0.4, 0.5) is 0 Å². The molecule has 0 aliphatic rings. The molecule has 64 valence electrons. The van der Waals surface area contributed by atoms with Crippen molar-refractivity contribution in [2.24, 2.45) is 5.73 Å². The fraction of sp³-hybridized carbons (Fsp3) is 0. The summed E-state index contributed by atoms with van der Waals surface area (Å²) in [6.45, 7) is 3.62. The van der Waals surface area contributed by atoms with Crippen molar-refractivity contribution < 1.29 is 0 Å². The lowest BCUT2D eigenvalue weighted by Crippen LogP contribution is -2.10. The quantitative estimate of drug-likeness (QED) is 0.534. The average molecular weight is 183 g/mol. The minimum absolute atomic E-state index is 0.